The highest BCUT2D eigenvalue weighted by atomic mass is 32.1. The van der Waals surface area contributed by atoms with Crippen LogP contribution in [0.3, 0.4) is 0 Å². The highest BCUT2D eigenvalue weighted by Crippen LogP contribution is 2.21. The maximum Gasteiger partial charge on any atom is 0.185 e. The summed E-state index contributed by atoms with van der Waals surface area (Å²) in [4.78, 5) is 6.78. The molecule has 1 atom stereocenters. The number of aromatic nitrogens is 1. The van der Waals surface area contributed by atoms with Crippen LogP contribution in [0.25, 0.3) is 0 Å². The number of nitrogens with one attached hydrogen (secondary N) is 1. The van der Waals surface area contributed by atoms with Crippen LogP contribution in [0.5, 0.6) is 0 Å². The SMILES string of the molecule is CCCNCc1csc(N(C)C(C)COC)n1. The number of hydrogen-bond donors (Lipinski definition) is 1. The van der Waals surface area contributed by atoms with Gasteiger partial charge in [-0.1, -0.05) is 6.92 Å². The molecule has 0 fully saturated rings. The minimum Gasteiger partial charge on any atom is -0.383 e. The molecular weight excluding hydrogens is 234 g/mol. The molecule has 5 heteroatoms. The molecule has 0 aliphatic carbocycles. The number of rotatable bonds is 8. The lowest BCUT2D eigenvalue weighted by atomic mass is 10.3. The number of thiazole rings is 1. The van der Waals surface area contributed by atoms with Gasteiger partial charge in [-0.05, 0) is 19.9 Å². The molecule has 1 aromatic rings. The van der Waals surface area contributed by atoms with E-state index in [4.69, 9.17) is 4.74 Å². The Balaban J connectivity index is 2.48. The first kappa shape index (κ1) is 14.4. The summed E-state index contributed by atoms with van der Waals surface area (Å²) in [6, 6.07) is 0.350. The smallest absolute Gasteiger partial charge is 0.185 e. The fourth-order valence-electron chi connectivity index (χ4n) is 1.47. The van der Waals surface area contributed by atoms with E-state index in [1.807, 2.05) is 0 Å². The van der Waals surface area contributed by atoms with E-state index >= 15 is 0 Å². The van der Waals surface area contributed by atoms with Crippen molar-refractivity contribution >= 4 is 16.5 Å². The third-order valence-electron chi connectivity index (χ3n) is 2.64. The van der Waals surface area contributed by atoms with E-state index in [1.54, 1.807) is 18.4 Å². The van der Waals surface area contributed by atoms with Crippen molar-refractivity contribution in [3.63, 3.8) is 0 Å². The molecule has 17 heavy (non-hydrogen) atoms. The van der Waals surface area contributed by atoms with Gasteiger partial charge in [0.1, 0.15) is 0 Å². The Kier molecular flexibility index (Phi) is 6.47. The van der Waals surface area contributed by atoms with Gasteiger partial charge < -0.3 is 15.0 Å². The second-order valence-corrected chi connectivity index (χ2v) is 5.05. The van der Waals surface area contributed by atoms with Crippen LogP contribution in [0, 0.1) is 0 Å². The van der Waals surface area contributed by atoms with Gasteiger partial charge in [-0.15, -0.1) is 11.3 Å². The van der Waals surface area contributed by atoms with E-state index in [0.29, 0.717) is 6.04 Å². The Bertz CT molecular complexity index is 316. The van der Waals surface area contributed by atoms with Crippen LogP contribution in [0.15, 0.2) is 5.38 Å². The molecule has 0 aromatic carbocycles. The third-order valence-corrected chi connectivity index (χ3v) is 3.62. The second-order valence-electron chi connectivity index (χ2n) is 4.21. The second kappa shape index (κ2) is 7.63. The van der Waals surface area contributed by atoms with Crippen LogP contribution < -0.4 is 10.2 Å². The molecule has 1 aromatic heterocycles. The van der Waals surface area contributed by atoms with Crippen LogP contribution in [0.4, 0.5) is 5.13 Å². The topological polar surface area (TPSA) is 37.4 Å². The van der Waals surface area contributed by atoms with Crippen molar-refractivity contribution in [3.05, 3.63) is 11.1 Å². The molecule has 4 nitrogen and oxygen atoms in total. The lowest BCUT2D eigenvalue weighted by Crippen LogP contribution is -2.32. The minimum atomic E-state index is 0.350. The number of anilines is 1. The van der Waals surface area contributed by atoms with Crippen LogP contribution >= 0.6 is 11.3 Å². The zero-order valence-corrected chi connectivity index (χ0v) is 12.0. The molecular formula is C12H23N3OS. The molecule has 0 spiro atoms. The van der Waals surface area contributed by atoms with Gasteiger partial charge in [0, 0.05) is 26.1 Å². The van der Waals surface area contributed by atoms with Crippen molar-refractivity contribution in [2.24, 2.45) is 0 Å². The Morgan fingerprint density at radius 1 is 1.59 bits per heavy atom. The first-order chi connectivity index (χ1) is 8.19. The van der Waals surface area contributed by atoms with Crippen molar-refractivity contribution in [1.29, 1.82) is 0 Å². The average Bonchev–Trinajstić information content (AvgIpc) is 2.77. The van der Waals surface area contributed by atoms with Crippen LogP contribution in [0.1, 0.15) is 26.0 Å². The van der Waals surface area contributed by atoms with Gasteiger partial charge >= 0.3 is 0 Å². The Hall–Kier alpha value is -0.650. The van der Waals surface area contributed by atoms with Gasteiger partial charge in [-0.25, -0.2) is 4.98 Å². The quantitative estimate of drug-likeness (QED) is 0.724. The molecule has 1 unspecified atom stereocenters. The average molecular weight is 257 g/mol. The molecule has 0 bridgehead atoms. The molecule has 0 saturated carbocycles. The number of nitrogens with zero attached hydrogens (tertiary/aromatic N) is 2. The maximum absolute atomic E-state index is 5.16. The van der Waals surface area contributed by atoms with E-state index in [-0.39, 0.29) is 0 Å². The normalized spacial score (nSPS) is 12.7. The van der Waals surface area contributed by atoms with Crippen LogP contribution in [0.2, 0.25) is 0 Å². The van der Waals surface area contributed by atoms with E-state index in [0.717, 1.165) is 36.9 Å². The lowest BCUT2D eigenvalue weighted by molar-refractivity contribution is 0.183. The molecule has 1 rings (SSSR count). The summed E-state index contributed by atoms with van der Waals surface area (Å²) in [6.07, 6.45) is 1.15. The van der Waals surface area contributed by atoms with Gasteiger partial charge in [0.05, 0.1) is 18.3 Å². The molecule has 0 aliphatic rings. The van der Waals surface area contributed by atoms with Gasteiger partial charge in [-0.3, -0.25) is 0 Å². The Morgan fingerprint density at radius 3 is 3.00 bits per heavy atom. The fourth-order valence-corrected chi connectivity index (χ4v) is 2.37. The molecule has 1 N–H and O–H groups in total. The van der Waals surface area contributed by atoms with Crippen molar-refractivity contribution in [2.45, 2.75) is 32.9 Å². The predicted octanol–water partition coefficient (Wildman–Crippen LogP) is 2.11. The van der Waals surface area contributed by atoms with Crippen LogP contribution in [-0.4, -0.2) is 38.3 Å². The minimum absolute atomic E-state index is 0.350. The third kappa shape index (κ3) is 4.61. The summed E-state index contributed by atoms with van der Waals surface area (Å²) in [7, 11) is 3.79. The van der Waals surface area contributed by atoms with E-state index < -0.39 is 0 Å². The van der Waals surface area contributed by atoms with Gasteiger partial charge in [0.15, 0.2) is 5.13 Å². The van der Waals surface area contributed by atoms with Crippen LogP contribution in [-0.2, 0) is 11.3 Å². The van der Waals surface area contributed by atoms with Gasteiger partial charge in [-0.2, -0.15) is 0 Å². The fraction of sp³-hybridized carbons (Fsp3) is 0.750. The monoisotopic (exact) mass is 257 g/mol. The largest absolute Gasteiger partial charge is 0.383 e. The number of hydrogen-bond acceptors (Lipinski definition) is 5. The zero-order valence-electron chi connectivity index (χ0n) is 11.2. The molecule has 0 aliphatic heterocycles. The van der Waals surface area contributed by atoms with Gasteiger partial charge in [0.25, 0.3) is 0 Å². The number of likely N-dealkylation sites (N-methyl/N-ethyl adjacent to an activating group) is 1. The van der Waals surface area contributed by atoms with Gasteiger partial charge in [0.2, 0.25) is 0 Å². The lowest BCUT2D eigenvalue weighted by Gasteiger charge is -2.23. The summed E-state index contributed by atoms with van der Waals surface area (Å²) in [5.41, 5.74) is 1.12. The van der Waals surface area contributed by atoms with Crippen molar-refractivity contribution in [1.82, 2.24) is 10.3 Å². The predicted molar refractivity (Wildman–Crippen MR) is 73.9 cm³/mol. The number of ether oxygens (including phenoxy) is 1. The molecule has 0 radical (unpaired) electrons. The highest BCUT2D eigenvalue weighted by molar-refractivity contribution is 7.13. The summed E-state index contributed by atoms with van der Waals surface area (Å²) in [5, 5.41) is 6.54. The molecule has 0 saturated heterocycles. The Labute approximate surface area is 108 Å². The van der Waals surface area contributed by atoms with Crippen molar-refractivity contribution < 1.29 is 4.74 Å². The summed E-state index contributed by atoms with van der Waals surface area (Å²) in [5.74, 6) is 0. The maximum atomic E-state index is 5.16. The highest BCUT2D eigenvalue weighted by Gasteiger charge is 2.13. The number of methoxy groups -OCH3 is 1. The first-order valence-electron chi connectivity index (χ1n) is 6.06. The Morgan fingerprint density at radius 2 is 2.35 bits per heavy atom. The summed E-state index contributed by atoms with van der Waals surface area (Å²) >= 11 is 1.69. The van der Waals surface area contributed by atoms with E-state index in [2.05, 4.69) is 41.5 Å². The molecule has 1 heterocycles. The first-order valence-corrected chi connectivity index (χ1v) is 6.93. The molecule has 0 amide bonds. The van der Waals surface area contributed by atoms with E-state index in [1.165, 1.54) is 0 Å². The van der Waals surface area contributed by atoms with Crippen molar-refractivity contribution in [3.8, 4) is 0 Å². The van der Waals surface area contributed by atoms with E-state index in [9.17, 15) is 0 Å². The summed E-state index contributed by atoms with van der Waals surface area (Å²) in [6.45, 7) is 6.93. The molecule has 98 valence electrons. The van der Waals surface area contributed by atoms with Crippen molar-refractivity contribution in [2.75, 3.05) is 32.2 Å². The summed E-state index contributed by atoms with van der Waals surface area (Å²) < 4.78 is 5.16. The standard InChI is InChI=1S/C12H23N3OS/c1-5-6-13-7-11-9-17-12(14-11)15(3)10(2)8-16-4/h9-10,13H,5-8H2,1-4H3. The zero-order chi connectivity index (χ0) is 12.7.